The zero-order valence-corrected chi connectivity index (χ0v) is 13.9. The highest BCUT2D eigenvalue weighted by atomic mass is 16.2. The summed E-state index contributed by atoms with van der Waals surface area (Å²) in [5, 5.41) is 4.76. The Bertz CT molecular complexity index is 762. The summed E-state index contributed by atoms with van der Waals surface area (Å²) in [6.07, 6.45) is 8.06. The van der Waals surface area contributed by atoms with Crippen LogP contribution in [-0.2, 0) is 4.79 Å². The van der Waals surface area contributed by atoms with Crippen molar-refractivity contribution in [2.24, 2.45) is 5.92 Å². The molecular weight excluding hydrogens is 300 g/mol. The lowest BCUT2D eigenvalue weighted by molar-refractivity contribution is -0.127. The largest absolute Gasteiger partial charge is 0.384 e. The molecule has 0 spiro atoms. The number of amides is 1. The molecule has 4 rings (SSSR count). The summed E-state index contributed by atoms with van der Waals surface area (Å²) in [6, 6.07) is 4.29. The zero-order valence-electron chi connectivity index (χ0n) is 13.9. The lowest BCUT2D eigenvalue weighted by Gasteiger charge is -2.32. The molecule has 1 saturated heterocycles. The van der Waals surface area contributed by atoms with Crippen molar-refractivity contribution < 1.29 is 4.79 Å². The van der Waals surface area contributed by atoms with E-state index in [0.717, 1.165) is 43.8 Å². The van der Waals surface area contributed by atoms with E-state index < -0.39 is 0 Å². The van der Waals surface area contributed by atoms with E-state index in [0.29, 0.717) is 11.8 Å². The topological polar surface area (TPSA) is 61.0 Å². The van der Waals surface area contributed by atoms with Crippen LogP contribution < -0.4 is 5.32 Å². The number of aromatic amines is 1. The highest BCUT2D eigenvalue weighted by Gasteiger charge is 2.26. The van der Waals surface area contributed by atoms with Crippen LogP contribution in [0.1, 0.15) is 37.3 Å². The van der Waals surface area contributed by atoms with Crippen molar-refractivity contribution in [2.45, 2.75) is 31.6 Å². The Morgan fingerprint density at radius 1 is 1.46 bits per heavy atom. The third-order valence-electron chi connectivity index (χ3n) is 5.16. The van der Waals surface area contributed by atoms with Crippen molar-refractivity contribution in [1.82, 2.24) is 14.9 Å². The average molecular weight is 324 g/mol. The van der Waals surface area contributed by atoms with E-state index in [1.807, 2.05) is 17.2 Å². The molecule has 24 heavy (non-hydrogen) atoms. The second kappa shape index (κ2) is 6.30. The molecule has 2 aromatic heterocycles. The van der Waals surface area contributed by atoms with Gasteiger partial charge in [-0.25, -0.2) is 4.98 Å². The first-order valence-corrected chi connectivity index (χ1v) is 8.87. The minimum atomic E-state index is 0.0470. The molecule has 1 amide bonds. The summed E-state index contributed by atoms with van der Waals surface area (Å²) < 4.78 is 0. The molecule has 0 unspecified atom stereocenters. The quantitative estimate of drug-likeness (QED) is 0.830. The van der Waals surface area contributed by atoms with Crippen LogP contribution in [0.15, 0.2) is 31.0 Å². The van der Waals surface area contributed by atoms with Gasteiger partial charge >= 0.3 is 0 Å². The van der Waals surface area contributed by atoms with E-state index in [1.165, 1.54) is 30.0 Å². The van der Waals surface area contributed by atoms with Crippen LogP contribution in [0.5, 0.6) is 0 Å². The minimum absolute atomic E-state index is 0.0470. The number of carbonyl (C=O) groups excluding carboxylic acids is 1. The molecule has 1 saturated carbocycles. The first-order chi connectivity index (χ1) is 11.7. The average Bonchev–Trinajstić information content (AvgIpc) is 3.38. The van der Waals surface area contributed by atoms with Crippen LogP contribution in [-0.4, -0.2) is 40.4 Å². The maximum Gasteiger partial charge on any atom is 0.245 e. The number of anilines is 1. The SMILES string of the molecule is C=CC(=O)N1CCC[C@H](CNc2ccnc3[nH]c(C4CC4)cc23)C1. The van der Waals surface area contributed by atoms with E-state index in [1.54, 1.807) is 0 Å². The molecule has 0 bridgehead atoms. The molecule has 1 aliphatic carbocycles. The Balaban J connectivity index is 1.44. The second-order valence-corrected chi connectivity index (χ2v) is 7.00. The summed E-state index contributed by atoms with van der Waals surface area (Å²) in [5.74, 6) is 1.22. The molecule has 5 heteroatoms. The van der Waals surface area contributed by atoms with E-state index >= 15 is 0 Å². The number of likely N-dealkylation sites (tertiary alicyclic amines) is 1. The molecule has 2 fully saturated rings. The Kier molecular flexibility index (Phi) is 4.00. The number of H-pyrrole nitrogens is 1. The van der Waals surface area contributed by atoms with E-state index in [9.17, 15) is 4.79 Å². The van der Waals surface area contributed by atoms with Crippen molar-refractivity contribution in [3.63, 3.8) is 0 Å². The van der Waals surface area contributed by atoms with Crippen molar-refractivity contribution in [1.29, 1.82) is 0 Å². The van der Waals surface area contributed by atoms with Gasteiger partial charge in [0.15, 0.2) is 0 Å². The fourth-order valence-corrected chi connectivity index (χ4v) is 3.63. The van der Waals surface area contributed by atoms with E-state index in [-0.39, 0.29) is 5.91 Å². The van der Waals surface area contributed by atoms with E-state index in [2.05, 4.69) is 27.9 Å². The second-order valence-electron chi connectivity index (χ2n) is 7.00. The van der Waals surface area contributed by atoms with Crippen LogP contribution in [0, 0.1) is 5.92 Å². The number of hydrogen-bond donors (Lipinski definition) is 2. The van der Waals surface area contributed by atoms with Gasteiger partial charge in [-0.3, -0.25) is 4.79 Å². The van der Waals surface area contributed by atoms with Crippen molar-refractivity contribution in [3.8, 4) is 0 Å². The highest BCUT2D eigenvalue weighted by molar-refractivity contribution is 5.90. The molecule has 126 valence electrons. The maximum atomic E-state index is 11.8. The van der Waals surface area contributed by atoms with Gasteiger partial charge in [-0.2, -0.15) is 0 Å². The molecule has 2 N–H and O–H groups in total. The normalized spacial score (nSPS) is 21.0. The number of hydrogen-bond acceptors (Lipinski definition) is 3. The van der Waals surface area contributed by atoms with Gasteiger partial charge in [0.1, 0.15) is 5.65 Å². The van der Waals surface area contributed by atoms with Gasteiger partial charge in [0, 0.05) is 42.6 Å². The smallest absolute Gasteiger partial charge is 0.245 e. The minimum Gasteiger partial charge on any atom is -0.384 e. The van der Waals surface area contributed by atoms with Gasteiger partial charge in [0.05, 0.1) is 0 Å². The Morgan fingerprint density at radius 2 is 2.33 bits per heavy atom. The molecular formula is C19H24N4O. The number of fused-ring (bicyclic) bond motifs is 1. The monoisotopic (exact) mass is 324 g/mol. The Labute approximate surface area is 142 Å². The Morgan fingerprint density at radius 3 is 3.12 bits per heavy atom. The van der Waals surface area contributed by atoms with Crippen LogP contribution in [0.25, 0.3) is 11.0 Å². The van der Waals surface area contributed by atoms with Crippen LogP contribution in [0.3, 0.4) is 0 Å². The molecule has 3 heterocycles. The van der Waals surface area contributed by atoms with Crippen molar-refractivity contribution >= 4 is 22.6 Å². The lowest BCUT2D eigenvalue weighted by Crippen LogP contribution is -2.41. The van der Waals surface area contributed by atoms with Gasteiger partial charge in [-0.05, 0) is 55.7 Å². The van der Waals surface area contributed by atoms with Crippen LogP contribution in [0.2, 0.25) is 0 Å². The number of rotatable bonds is 5. The maximum absolute atomic E-state index is 11.8. The predicted molar refractivity (Wildman–Crippen MR) is 96.1 cm³/mol. The summed E-state index contributed by atoms with van der Waals surface area (Å²) in [4.78, 5) is 21.6. The zero-order chi connectivity index (χ0) is 16.5. The van der Waals surface area contributed by atoms with Gasteiger partial charge in [0.2, 0.25) is 5.91 Å². The fraction of sp³-hybridized carbons (Fsp3) is 0.474. The van der Waals surface area contributed by atoms with Crippen LogP contribution in [0.4, 0.5) is 5.69 Å². The summed E-state index contributed by atoms with van der Waals surface area (Å²) >= 11 is 0. The molecule has 0 aromatic carbocycles. The number of nitrogens with one attached hydrogen (secondary N) is 2. The van der Waals surface area contributed by atoms with Gasteiger partial charge in [-0.15, -0.1) is 0 Å². The summed E-state index contributed by atoms with van der Waals surface area (Å²) in [6.45, 7) is 6.13. The molecule has 2 aliphatic rings. The van der Waals surface area contributed by atoms with Gasteiger partial charge in [-0.1, -0.05) is 6.58 Å². The first kappa shape index (κ1) is 15.2. The lowest BCUT2D eigenvalue weighted by atomic mass is 9.97. The molecule has 1 aliphatic heterocycles. The molecule has 2 aromatic rings. The van der Waals surface area contributed by atoms with Gasteiger partial charge in [0.25, 0.3) is 0 Å². The van der Waals surface area contributed by atoms with Crippen LogP contribution >= 0.6 is 0 Å². The van der Waals surface area contributed by atoms with Crippen molar-refractivity contribution in [2.75, 3.05) is 25.0 Å². The number of pyridine rings is 1. The Hall–Kier alpha value is -2.30. The number of nitrogens with zero attached hydrogens (tertiary/aromatic N) is 2. The van der Waals surface area contributed by atoms with Gasteiger partial charge < -0.3 is 15.2 Å². The number of aromatic nitrogens is 2. The first-order valence-electron chi connectivity index (χ1n) is 8.87. The molecule has 5 nitrogen and oxygen atoms in total. The third-order valence-corrected chi connectivity index (χ3v) is 5.16. The number of piperidine rings is 1. The molecule has 0 radical (unpaired) electrons. The third kappa shape index (κ3) is 3.03. The van der Waals surface area contributed by atoms with Crippen molar-refractivity contribution in [3.05, 3.63) is 36.7 Å². The predicted octanol–water partition coefficient (Wildman–Crippen LogP) is 3.28. The highest BCUT2D eigenvalue weighted by Crippen LogP contribution is 2.41. The van der Waals surface area contributed by atoms with E-state index in [4.69, 9.17) is 0 Å². The molecule has 1 atom stereocenters. The number of carbonyl (C=O) groups is 1. The fourth-order valence-electron chi connectivity index (χ4n) is 3.63. The standard InChI is InChI=1S/C19H24N4O/c1-2-18(24)23-9-3-4-13(12-23)11-21-16-7-8-20-19-15(16)10-17(22-19)14-5-6-14/h2,7-8,10,13-14H,1,3-6,9,11-12H2,(H2,20,21,22)/t13-/m1/s1. The summed E-state index contributed by atoms with van der Waals surface area (Å²) in [5.41, 5.74) is 3.41. The summed E-state index contributed by atoms with van der Waals surface area (Å²) in [7, 11) is 0.